The molecule has 0 saturated heterocycles. The Morgan fingerprint density at radius 1 is 1.40 bits per heavy atom. The molecule has 60 valence electrons. The molecule has 0 bridgehead atoms. The van der Waals surface area contributed by atoms with Gasteiger partial charge in [-0.05, 0) is 18.8 Å². The third kappa shape index (κ3) is 1.50. The van der Waals surface area contributed by atoms with E-state index in [1.165, 1.54) is 6.42 Å². The number of aliphatic hydroxyl groups excluding tert-OH is 1. The fraction of sp³-hybridized carbons (Fsp3) is 1.00. The van der Waals surface area contributed by atoms with Crippen LogP contribution in [0.15, 0.2) is 0 Å². The maximum absolute atomic E-state index is 8.82. The molecule has 10 heavy (non-hydrogen) atoms. The van der Waals surface area contributed by atoms with Crippen LogP contribution < -0.4 is 0 Å². The topological polar surface area (TPSA) is 40.5 Å². The molecule has 0 radical (unpaired) electrons. The molecular formula is C8H16O2. The summed E-state index contributed by atoms with van der Waals surface area (Å²) in [5.74, 6) is 0.768. The van der Waals surface area contributed by atoms with Crippen LogP contribution in [0.1, 0.15) is 32.6 Å². The number of hydrogen-bond donors (Lipinski definition) is 2. The zero-order chi connectivity index (χ0) is 7.56. The van der Waals surface area contributed by atoms with Crippen LogP contribution >= 0.6 is 0 Å². The van der Waals surface area contributed by atoms with Crippen molar-refractivity contribution in [2.75, 3.05) is 0 Å². The third-order valence-corrected chi connectivity index (χ3v) is 2.52. The van der Waals surface area contributed by atoms with Crippen LogP contribution in [0.4, 0.5) is 0 Å². The van der Waals surface area contributed by atoms with E-state index < -0.39 is 6.29 Å². The van der Waals surface area contributed by atoms with Gasteiger partial charge in [0.1, 0.15) is 0 Å². The van der Waals surface area contributed by atoms with Gasteiger partial charge in [-0.25, -0.2) is 0 Å². The summed E-state index contributed by atoms with van der Waals surface area (Å²) in [6.07, 6.45) is 3.44. The van der Waals surface area contributed by atoms with E-state index in [2.05, 4.69) is 6.92 Å². The zero-order valence-corrected chi connectivity index (χ0v) is 6.45. The fourth-order valence-electron chi connectivity index (χ4n) is 1.72. The lowest BCUT2D eigenvalue weighted by Gasteiger charge is -2.37. The summed E-state index contributed by atoms with van der Waals surface area (Å²) in [6, 6.07) is 0. The second-order valence-electron chi connectivity index (χ2n) is 3.20. The minimum Gasteiger partial charge on any atom is -0.368 e. The predicted octanol–water partition coefficient (Wildman–Crippen LogP) is 1.12. The van der Waals surface area contributed by atoms with Crippen LogP contribution in [0.3, 0.4) is 0 Å². The van der Waals surface area contributed by atoms with Crippen molar-refractivity contribution in [2.24, 2.45) is 11.8 Å². The fourth-order valence-corrected chi connectivity index (χ4v) is 1.72. The molecule has 0 amide bonds. The van der Waals surface area contributed by atoms with E-state index >= 15 is 0 Å². The molecule has 0 heterocycles. The summed E-state index contributed by atoms with van der Waals surface area (Å²) >= 11 is 0. The van der Waals surface area contributed by atoms with Crippen molar-refractivity contribution < 1.29 is 10.2 Å². The van der Waals surface area contributed by atoms with Crippen molar-refractivity contribution >= 4 is 0 Å². The van der Waals surface area contributed by atoms with Crippen molar-refractivity contribution in [3.05, 3.63) is 0 Å². The van der Waals surface area contributed by atoms with Crippen molar-refractivity contribution in [3.63, 3.8) is 0 Å². The van der Waals surface area contributed by atoms with Crippen LogP contribution in [0.5, 0.6) is 0 Å². The Morgan fingerprint density at radius 3 is 2.40 bits per heavy atom. The highest BCUT2D eigenvalue weighted by atomic mass is 16.5. The second kappa shape index (κ2) is 3.35. The molecule has 1 aliphatic carbocycles. The van der Waals surface area contributed by atoms with E-state index in [1.807, 2.05) is 0 Å². The summed E-state index contributed by atoms with van der Waals surface area (Å²) in [6.45, 7) is 2.14. The van der Waals surface area contributed by atoms with Gasteiger partial charge in [0.25, 0.3) is 0 Å². The number of rotatable bonds is 3. The summed E-state index contributed by atoms with van der Waals surface area (Å²) in [7, 11) is 0. The molecule has 0 aliphatic heterocycles. The maximum Gasteiger partial charge on any atom is 0.154 e. The first-order valence-corrected chi connectivity index (χ1v) is 4.11. The zero-order valence-electron chi connectivity index (χ0n) is 6.45. The Morgan fingerprint density at radius 2 is 2.10 bits per heavy atom. The highest BCUT2D eigenvalue weighted by Gasteiger charge is 2.34. The van der Waals surface area contributed by atoms with Crippen molar-refractivity contribution in [3.8, 4) is 0 Å². The van der Waals surface area contributed by atoms with Crippen molar-refractivity contribution in [1.82, 2.24) is 0 Å². The van der Waals surface area contributed by atoms with Crippen molar-refractivity contribution in [1.29, 1.82) is 0 Å². The first-order chi connectivity index (χ1) is 4.75. The molecule has 0 spiro atoms. The highest BCUT2D eigenvalue weighted by molar-refractivity contribution is 4.81. The van der Waals surface area contributed by atoms with Gasteiger partial charge in [-0.1, -0.05) is 19.8 Å². The average molecular weight is 144 g/mol. The normalized spacial score (nSPS) is 32.4. The summed E-state index contributed by atoms with van der Waals surface area (Å²) < 4.78 is 0. The third-order valence-electron chi connectivity index (χ3n) is 2.52. The molecule has 2 N–H and O–H groups in total. The van der Waals surface area contributed by atoms with E-state index in [0.29, 0.717) is 5.92 Å². The van der Waals surface area contributed by atoms with Gasteiger partial charge in [-0.15, -0.1) is 0 Å². The van der Waals surface area contributed by atoms with Gasteiger partial charge < -0.3 is 10.2 Å². The molecule has 0 aromatic carbocycles. The first-order valence-electron chi connectivity index (χ1n) is 4.11. The molecule has 2 nitrogen and oxygen atoms in total. The van der Waals surface area contributed by atoms with Gasteiger partial charge in [0.2, 0.25) is 0 Å². The largest absolute Gasteiger partial charge is 0.368 e. The first kappa shape index (κ1) is 8.02. The van der Waals surface area contributed by atoms with E-state index in [4.69, 9.17) is 10.2 Å². The molecule has 0 aromatic rings. The van der Waals surface area contributed by atoms with E-state index in [1.54, 1.807) is 0 Å². The van der Waals surface area contributed by atoms with Crippen molar-refractivity contribution in [2.45, 2.75) is 38.9 Å². The lowest BCUT2D eigenvalue weighted by atomic mass is 9.71. The van der Waals surface area contributed by atoms with Gasteiger partial charge in [0.05, 0.1) is 0 Å². The van der Waals surface area contributed by atoms with E-state index in [9.17, 15) is 0 Å². The quantitative estimate of drug-likeness (QED) is 0.583. The van der Waals surface area contributed by atoms with Gasteiger partial charge in [0.15, 0.2) is 6.29 Å². The molecule has 1 fully saturated rings. The van der Waals surface area contributed by atoms with Gasteiger partial charge in [-0.2, -0.15) is 0 Å². The standard InChI is InChI=1S/C8H16O2/c1-2-3-6-4-5-7(6)8(9)10/h6-10H,2-5H2,1H3. The molecular weight excluding hydrogens is 128 g/mol. The lowest BCUT2D eigenvalue weighted by molar-refractivity contribution is -0.130. The number of hydrogen-bond acceptors (Lipinski definition) is 2. The molecule has 0 aromatic heterocycles. The Labute approximate surface area is 61.9 Å². The SMILES string of the molecule is CCCC1CCC1C(O)O. The smallest absolute Gasteiger partial charge is 0.154 e. The minimum atomic E-state index is -1.06. The Balaban J connectivity index is 2.22. The maximum atomic E-state index is 8.82. The Kier molecular flexibility index (Phi) is 2.69. The van der Waals surface area contributed by atoms with Gasteiger partial charge in [-0.3, -0.25) is 0 Å². The van der Waals surface area contributed by atoms with Crippen LogP contribution in [0, 0.1) is 11.8 Å². The van der Waals surface area contributed by atoms with Crippen LogP contribution in [0.25, 0.3) is 0 Å². The number of aliphatic hydroxyl groups is 2. The Bertz CT molecular complexity index is 101. The Hall–Kier alpha value is -0.0800. The van der Waals surface area contributed by atoms with Crippen LogP contribution in [-0.4, -0.2) is 16.5 Å². The molecule has 2 heteroatoms. The predicted molar refractivity (Wildman–Crippen MR) is 39.3 cm³/mol. The molecule has 1 rings (SSSR count). The van der Waals surface area contributed by atoms with E-state index in [-0.39, 0.29) is 5.92 Å². The summed E-state index contributed by atoms with van der Waals surface area (Å²) in [5.41, 5.74) is 0. The molecule has 2 unspecified atom stereocenters. The molecule has 1 aliphatic rings. The van der Waals surface area contributed by atoms with Crippen LogP contribution in [0.2, 0.25) is 0 Å². The average Bonchev–Trinajstić information content (AvgIpc) is 1.78. The van der Waals surface area contributed by atoms with Crippen LogP contribution in [-0.2, 0) is 0 Å². The summed E-state index contributed by atoms with van der Waals surface area (Å²) in [4.78, 5) is 0. The second-order valence-corrected chi connectivity index (χ2v) is 3.20. The minimum absolute atomic E-state index is 0.181. The lowest BCUT2D eigenvalue weighted by Crippen LogP contribution is -2.35. The highest BCUT2D eigenvalue weighted by Crippen LogP contribution is 2.38. The summed E-state index contributed by atoms with van der Waals surface area (Å²) in [5, 5.41) is 17.6. The monoisotopic (exact) mass is 144 g/mol. The molecule has 1 saturated carbocycles. The van der Waals surface area contributed by atoms with Gasteiger partial charge >= 0.3 is 0 Å². The van der Waals surface area contributed by atoms with Gasteiger partial charge in [0, 0.05) is 5.92 Å². The molecule has 2 atom stereocenters. The van der Waals surface area contributed by atoms with E-state index in [0.717, 1.165) is 19.3 Å².